The third kappa shape index (κ3) is 2.94. The summed E-state index contributed by atoms with van der Waals surface area (Å²) in [6.07, 6.45) is 2.35. The summed E-state index contributed by atoms with van der Waals surface area (Å²) in [5.74, 6) is 0. The van der Waals surface area contributed by atoms with Gasteiger partial charge in [-0.3, -0.25) is 0 Å². The molecule has 1 N–H and O–H groups in total. The zero-order chi connectivity index (χ0) is 13.8. The minimum atomic E-state index is -0.880. The van der Waals surface area contributed by atoms with Crippen LogP contribution in [0.15, 0.2) is 18.3 Å². The van der Waals surface area contributed by atoms with Crippen LogP contribution in [0.25, 0.3) is 0 Å². The second kappa shape index (κ2) is 5.57. The number of pyridine rings is 1. The Morgan fingerprint density at radius 3 is 2.84 bits per heavy atom. The molecule has 1 aliphatic heterocycles. The van der Waals surface area contributed by atoms with E-state index in [-0.39, 0.29) is 6.04 Å². The number of aromatic nitrogens is 1. The molecule has 6 heteroatoms. The monoisotopic (exact) mass is 260 g/mol. The van der Waals surface area contributed by atoms with Gasteiger partial charge in [-0.1, -0.05) is 0 Å². The average Bonchev–Trinajstić information content (AvgIpc) is 2.46. The summed E-state index contributed by atoms with van der Waals surface area (Å²) >= 11 is 0. The Kier molecular flexibility index (Phi) is 3.85. The fourth-order valence-electron chi connectivity index (χ4n) is 2.34. The highest BCUT2D eigenvalue weighted by Gasteiger charge is 2.25. The van der Waals surface area contributed by atoms with Crippen LogP contribution in [0, 0.1) is 11.3 Å². The van der Waals surface area contributed by atoms with Crippen LogP contribution in [0.5, 0.6) is 0 Å². The predicted molar refractivity (Wildman–Crippen MR) is 70.0 cm³/mol. The Hall–Kier alpha value is -2.29. The molecule has 1 aliphatic rings. The van der Waals surface area contributed by atoms with Crippen molar-refractivity contribution in [1.29, 1.82) is 5.26 Å². The first-order valence-corrected chi connectivity index (χ1v) is 6.18. The smallest absolute Gasteiger partial charge is 0.407 e. The summed E-state index contributed by atoms with van der Waals surface area (Å²) in [5.41, 5.74) is 1.38. The summed E-state index contributed by atoms with van der Waals surface area (Å²) in [6.45, 7) is 1.58. The van der Waals surface area contributed by atoms with Crippen LogP contribution >= 0.6 is 0 Å². The van der Waals surface area contributed by atoms with E-state index in [1.807, 2.05) is 12.1 Å². The SMILES string of the molecule is CN(C(=O)O)C1CCN(c2ccnc(C#N)c2)CC1. The predicted octanol–water partition coefficient (Wildman–Crippen LogP) is 1.53. The molecule has 0 atom stereocenters. The number of carbonyl (C=O) groups is 1. The number of anilines is 1. The first-order valence-electron chi connectivity index (χ1n) is 6.18. The van der Waals surface area contributed by atoms with Crippen molar-refractivity contribution in [3.8, 4) is 6.07 Å². The van der Waals surface area contributed by atoms with E-state index in [0.717, 1.165) is 31.6 Å². The molecule has 0 unspecified atom stereocenters. The Morgan fingerprint density at radius 1 is 1.58 bits per heavy atom. The maximum Gasteiger partial charge on any atom is 0.407 e. The first kappa shape index (κ1) is 13.1. The van der Waals surface area contributed by atoms with Crippen molar-refractivity contribution in [2.24, 2.45) is 0 Å². The Bertz CT molecular complexity index is 504. The highest BCUT2D eigenvalue weighted by molar-refractivity contribution is 5.65. The largest absolute Gasteiger partial charge is 0.465 e. The minimum absolute atomic E-state index is 0.0750. The molecule has 0 radical (unpaired) electrons. The van der Waals surface area contributed by atoms with E-state index in [2.05, 4.69) is 9.88 Å². The quantitative estimate of drug-likeness (QED) is 0.872. The van der Waals surface area contributed by atoms with Gasteiger partial charge < -0.3 is 14.9 Å². The zero-order valence-electron chi connectivity index (χ0n) is 10.8. The Balaban J connectivity index is 2.00. The molecule has 1 aromatic heterocycles. The van der Waals surface area contributed by atoms with Gasteiger partial charge in [-0.15, -0.1) is 0 Å². The van der Waals surface area contributed by atoms with E-state index in [1.165, 1.54) is 4.90 Å². The number of hydrogen-bond donors (Lipinski definition) is 1. The van der Waals surface area contributed by atoms with Gasteiger partial charge in [-0.2, -0.15) is 5.26 Å². The summed E-state index contributed by atoms with van der Waals surface area (Å²) in [4.78, 5) is 18.4. The fraction of sp³-hybridized carbons (Fsp3) is 0.462. The average molecular weight is 260 g/mol. The van der Waals surface area contributed by atoms with Gasteiger partial charge in [0, 0.05) is 38.1 Å². The minimum Gasteiger partial charge on any atom is -0.465 e. The third-order valence-corrected chi connectivity index (χ3v) is 3.54. The Labute approximate surface area is 111 Å². The molecule has 0 saturated carbocycles. The van der Waals surface area contributed by atoms with Crippen LogP contribution < -0.4 is 4.90 Å². The first-order chi connectivity index (χ1) is 9.11. The summed E-state index contributed by atoms with van der Waals surface area (Å²) in [5, 5.41) is 17.8. The van der Waals surface area contributed by atoms with Gasteiger partial charge in [0.05, 0.1) is 0 Å². The van der Waals surface area contributed by atoms with Crippen LogP contribution in [0.2, 0.25) is 0 Å². The van der Waals surface area contributed by atoms with Crippen molar-refractivity contribution in [3.05, 3.63) is 24.0 Å². The van der Waals surface area contributed by atoms with Crippen molar-refractivity contribution < 1.29 is 9.90 Å². The lowest BCUT2D eigenvalue weighted by Crippen LogP contribution is -2.45. The number of piperidine rings is 1. The number of rotatable bonds is 2. The van der Waals surface area contributed by atoms with Crippen LogP contribution in [-0.2, 0) is 0 Å². The van der Waals surface area contributed by atoms with Crippen LogP contribution in [0.3, 0.4) is 0 Å². The van der Waals surface area contributed by atoms with E-state index in [1.54, 1.807) is 19.3 Å². The van der Waals surface area contributed by atoms with Crippen molar-refractivity contribution in [2.75, 3.05) is 25.0 Å². The number of hydrogen-bond acceptors (Lipinski definition) is 4. The lowest BCUT2D eigenvalue weighted by Gasteiger charge is -2.36. The molecule has 1 fully saturated rings. The normalized spacial score (nSPS) is 15.9. The third-order valence-electron chi connectivity index (χ3n) is 3.54. The maximum atomic E-state index is 10.9. The summed E-state index contributed by atoms with van der Waals surface area (Å²) in [6, 6.07) is 5.74. The summed E-state index contributed by atoms with van der Waals surface area (Å²) < 4.78 is 0. The molecular weight excluding hydrogens is 244 g/mol. The molecule has 0 aromatic carbocycles. The van der Waals surface area contributed by atoms with Crippen molar-refractivity contribution >= 4 is 11.8 Å². The van der Waals surface area contributed by atoms with Gasteiger partial charge >= 0.3 is 6.09 Å². The van der Waals surface area contributed by atoms with E-state index in [4.69, 9.17) is 10.4 Å². The number of amides is 1. The molecule has 2 rings (SSSR count). The van der Waals surface area contributed by atoms with Crippen LogP contribution in [0.4, 0.5) is 10.5 Å². The van der Waals surface area contributed by atoms with Gasteiger partial charge in [0.1, 0.15) is 11.8 Å². The number of nitrogens with zero attached hydrogens (tertiary/aromatic N) is 4. The molecule has 0 aliphatic carbocycles. The molecule has 1 saturated heterocycles. The van der Waals surface area contributed by atoms with Gasteiger partial charge in [-0.25, -0.2) is 9.78 Å². The lowest BCUT2D eigenvalue weighted by atomic mass is 10.0. The number of nitriles is 1. The van der Waals surface area contributed by atoms with E-state index < -0.39 is 6.09 Å². The molecule has 6 nitrogen and oxygen atoms in total. The van der Waals surface area contributed by atoms with Gasteiger partial charge in [0.15, 0.2) is 0 Å². The fourth-order valence-corrected chi connectivity index (χ4v) is 2.34. The van der Waals surface area contributed by atoms with Crippen molar-refractivity contribution in [3.63, 3.8) is 0 Å². The molecular formula is C13H16N4O2. The topological polar surface area (TPSA) is 80.5 Å². The molecule has 0 bridgehead atoms. The van der Waals surface area contributed by atoms with Crippen molar-refractivity contribution in [1.82, 2.24) is 9.88 Å². The molecule has 1 aromatic rings. The molecule has 19 heavy (non-hydrogen) atoms. The lowest BCUT2D eigenvalue weighted by molar-refractivity contribution is 0.131. The van der Waals surface area contributed by atoms with E-state index >= 15 is 0 Å². The maximum absolute atomic E-state index is 10.9. The zero-order valence-corrected chi connectivity index (χ0v) is 10.8. The highest BCUT2D eigenvalue weighted by atomic mass is 16.4. The second-order valence-corrected chi connectivity index (χ2v) is 4.62. The van der Waals surface area contributed by atoms with E-state index in [9.17, 15) is 4.79 Å². The van der Waals surface area contributed by atoms with Crippen molar-refractivity contribution in [2.45, 2.75) is 18.9 Å². The summed E-state index contributed by atoms with van der Waals surface area (Å²) in [7, 11) is 1.61. The molecule has 1 amide bonds. The Morgan fingerprint density at radius 2 is 2.26 bits per heavy atom. The highest BCUT2D eigenvalue weighted by Crippen LogP contribution is 2.22. The van der Waals surface area contributed by atoms with Crippen LogP contribution in [0.1, 0.15) is 18.5 Å². The van der Waals surface area contributed by atoms with E-state index in [0.29, 0.717) is 5.69 Å². The standard InChI is InChI=1S/C13H16N4O2/c1-16(13(18)19)11-3-6-17(7-4-11)12-2-5-15-10(8-12)9-14/h2,5,8,11H,3-4,6-7H2,1H3,(H,18,19). The molecule has 0 spiro atoms. The molecule has 100 valence electrons. The molecule has 2 heterocycles. The van der Waals surface area contributed by atoms with Gasteiger partial charge in [0.2, 0.25) is 0 Å². The number of carboxylic acid groups (broad SMARTS) is 1. The van der Waals surface area contributed by atoms with Gasteiger partial charge in [0.25, 0.3) is 0 Å². The van der Waals surface area contributed by atoms with Gasteiger partial charge in [-0.05, 0) is 25.0 Å². The van der Waals surface area contributed by atoms with Crippen LogP contribution in [-0.4, -0.2) is 47.3 Å². The second-order valence-electron chi connectivity index (χ2n) is 4.62.